The minimum atomic E-state index is -0.758. The van der Waals surface area contributed by atoms with E-state index in [-0.39, 0.29) is 10.6 Å². The molecule has 2 aromatic carbocycles. The number of carbonyl (C=O) groups excluding carboxylic acids is 1. The summed E-state index contributed by atoms with van der Waals surface area (Å²) in [7, 11) is 0. The van der Waals surface area contributed by atoms with Crippen molar-refractivity contribution in [3.8, 4) is 5.75 Å². The molecule has 0 unspecified atom stereocenters. The fraction of sp³-hybridized carbons (Fsp3) is 0.125. The first kappa shape index (κ1) is 17.4. The number of hydrogen-bond acceptors (Lipinski definition) is 5. The first-order valence-electron chi connectivity index (χ1n) is 7.01. The highest BCUT2D eigenvalue weighted by Crippen LogP contribution is 2.32. The number of aromatic hydroxyl groups is 1. The first-order valence-corrected chi connectivity index (χ1v) is 7.39. The molecule has 124 valence electrons. The van der Waals surface area contributed by atoms with Crippen molar-refractivity contribution >= 4 is 29.4 Å². The Hall–Kier alpha value is -2.93. The molecular formula is C16H14ClN3O4. The summed E-state index contributed by atoms with van der Waals surface area (Å²) >= 11 is 5.77. The summed E-state index contributed by atoms with van der Waals surface area (Å²) in [5, 5.41) is 24.4. The minimum absolute atomic E-state index is 0.0239. The number of halogens is 1. The van der Waals surface area contributed by atoms with Crippen LogP contribution in [0.15, 0.2) is 41.5 Å². The Morgan fingerprint density at radius 3 is 2.62 bits per heavy atom. The van der Waals surface area contributed by atoms with Crippen LogP contribution in [0, 0.1) is 10.1 Å². The van der Waals surface area contributed by atoms with E-state index in [1.165, 1.54) is 6.07 Å². The quantitative estimate of drug-likeness (QED) is 0.492. The zero-order chi connectivity index (χ0) is 17.7. The van der Waals surface area contributed by atoms with Crippen LogP contribution in [0.1, 0.15) is 28.4 Å². The molecular weight excluding hydrogens is 334 g/mol. The number of nitrogens with one attached hydrogen (secondary N) is 1. The summed E-state index contributed by atoms with van der Waals surface area (Å²) in [4.78, 5) is 22.0. The Balaban J connectivity index is 2.13. The topological polar surface area (TPSA) is 105 Å². The van der Waals surface area contributed by atoms with Crippen LogP contribution in [0.25, 0.3) is 0 Å². The lowest BCUT2D eigenvalue weighted by Crippen LogP contribution is -2.17. The molecule has 0 radical (unpaired) electrons. The summed E-state index contributed by atoms with van der Waals surface area (Å²) in [5.74, 6) is -1.01. The number of nitro benzene ring substituents is 1. The lowest BCUT2D eigenvalue weighted by Gasteiger charge is -2.03. The van der Waals surface area contributed by atoms with Crippen molar-refractivity contribution in [1.82, 2.24) is 5.43 Å². The van der Waals surface area contributed by atoms with Gasteiger partial charge in [0.25, 0.3) is 5.91 Å². The maximum absolute atomic E-state index is 11.9. The van der Waals surface area contributed by atoms with Gasteiger partial charge < -0.3 is 5.11 Å². The fourth-order valence-electron chi connectivity index (χ4n) is 1.96. The Labute approximate surface area is 142 Å². The Morgan fingerprint density at radius 1 is 1.38 bits per heavy atom. The Bertz CT molecular complexity index is 804. The number of nitro groups is 1. The van der Waals surface area contributed by atoms with E-state index in [0.717, 1.165) is 24.3 Å². The molecule has 2 aromatic rings. The summed E-state index contributed by atoms with van der Waals surface area (Å²) in [5.41, 5.74) is 3.30. The largest absolute Gasteiger partial charge is 0.502 e. The van der Waals surface area contributed by atoms with E-state index in [2.05, 4.69) is 10.5 Å². The summed E-state index contributed by atoms with van der Waals surface area (Å²) < 4.78 is 0. The van der Waals surface area contributed by atoms with E-state index >= 15 is 0 Å². The number of carbonyl (C=O) groups is 1. The van der Waals surface area contributed by atoms with Crippen LogP contribution < -0.4 is 5.43 Å². The molecule has 0 atom stereocenters. The van der Waals surface area contributed by atoms with Gasteiger partial charge in [-0.15, -0.1) is 0 Å². The molecule has 0 spiro atoms. The van der Waals surface area contributed by atoms with Crippen LogP contribution in [-0.4, -0.2) is 22.2 Å². The van der Waals surface area contributed by atoms with Gasteiger partial charge in [0, 0.05) is 22.2 Å². The molecule has 7 nitrogen and oxygen atoms in total. The zero-order valence-corrected chi connectivity index (χ0v) is 13.4. The fourth-order valence-corrected chi connectivity index (χ4v) is 2.18. The van der Waals surface area contributed by atoms with E-state index in [9.17, 15) is 20.0 Å². The third-order valence-electron chi connectivity index (χ3n) is 3.27. The predicted molar refractivity (Wildman–Crippen MR) is 90.7 cm³/mol. The zero-order valence-electron chi connectivity index (χ0n) is 12.7. The van der Waals surface area contributed by atoms with Crippen LogP contribution in [0.3, 0.4) is 0 Å². The van der Waals surface area contributed by atoms with Gasteiger partial charge in [0.1, 0.15) is 0 Å². The molecule has 2 rings (SSSR count). The standard InChI is InChI=1S/C16H14ClN3O4/c1-2-10-3-5-11(6-4-10)16(22)19-18-9-12-7-13(17)8-14(15(12)21)20(23)24/h3-9,21H,2H2,1H3,(H,19,22)/b18-9-. The molecule has 1 amide bonds. The van der Waals surface area contributed by atoms with Gasteiger partial charge >= 0.3 is 5.69 Å². The third-order valence-corrected chi connectivity index (χ3v) is 3.49. The normalized spacial score (nSPS) is 10.8. The molecule has 0 heterocycles. The van der Waals surface area contributed by atoms with Gasteiger partial charge in [0.15, 0.2) is 0 Å². The number of phenols is 1. The van der Waals surface area contributed by atoms with Crippen LogP contribution in [-0.2, 0) is 6.42 Å². The number of aryl methyl sites for hydroxylation is 1. The second-order valence-electron chi connectivity index (χ2n) is 4.87. The van der Waals surface area contributed by atoms with E-state index in [4.69, 9.17) is 11.6 Å². The van der Waals surface area contributed by atoms with Crippen molar-refractivity contribution < 1.29 is 14.8 Å². The first-order chi connectivity index (χ1) is 11.4. The third kappa shape index (κ3) is 4.08. The molecule has 8 heteroatoms. The van der Waals surface area contributed by atoms with Crippen LogP contribution in [0.5, 0.6) is 5.75 Å². The number of amides is 1. The van der Waals surface area contributed by atoms with Gasteiger partial charge in [-0.3, -0.25) is 14.9 Å². The van der Waals surface area contributed by atoms with Crippen LogP contribution in [0.2, 0.25) is 5.02 Å². The van der Waals surface area contributed by atoms with Crippen molar-refractivity contribution in [2.45, 2.75) is 13.3 Å². The van der Waals surface area contributed by atoms with Crippen molar-refractivity contribution in [1.29, 1.82) is 0 Å². The number of nitrogens with zero attached hydrogens (tertiary/aromatic N) is 2. The Morgan fingerprint density at radius 2 is 2.04 bits per heavy atom. The average Bonchev–Trinajstić information content (AvgIpc) is 2.57. The number of hydrazone groups is 1. The van der Waals surface area contributed by atoms with E-state index in [1.54, 1.807) is 12.1 Å². The molecule has 0 aromatic heterocycles. The highest BCUT2D eigenvalue weighted by Gasteiger charge is 2.17. The van der Waals surface area contributed by atoms with Crippen molar-refractivity contribution in [2.24, 2.45) is 5.10 Å². The van der Waals surface area contributed by atoms with Crippen molar-refractivity contribution in [3.05, 3.63) is 68.2 Å². The number of phenolic OH excluding ortho intramolecular Hbond substituents is 1. The maximum Gasteiger partial charge on any atom is 0.312 e. The number of hydrogen-bond donors (Lipinski definition) is 2. The van der Waals surface area contributed by atoms with Crippen LogP contribution >= 0.6 is 11.6 Å². The Kier molecular flexibility index (Phi) is 5.49. The molecule has 0 fully saturated rings. The number of rotatable bonds is 5. The maximum atomic E-state index is 11.9. The molecule has 2 N–H and O–H groups in total. The van der Waals surface area contributed by atoms with Gasteiger partial charge in [0.05, 0.1) is 11.1 Å². The van der Waals surface area contributed by atoms with Gasteiger partial charge in [-0.1, -0.05) is 30.7 Å². The molecule has 0 aliphatic heterocycles. The van der Waals surface area contributed by atoms with Gasteiger partial charge in [-0.05, 0) is 30.2 Å². The van der Waals surface area contributed by atoms with Crippen molar-refractivity contribution in [2.75, 3.05) is 0 Å². The SMILES string of the molecule is CCc1ccc(C(=O)N/N=C\c2cc(Cl)cc([N+](=O)[O-])c2O)cc1. The van der Waals surface area contributed by atoms with E-state index < -0.39 is 22.3 Å². The smallest absolute Gasteiger partial charge is 0.312 e. The van der Waals surface area contributed by atoms with Gasteiger partial charge in [-0.2, -0.15) is 5.10 Å². The highest BCUT2D eigenvalue weighted by molar-refractivity contribution is 6.31. The average molecular weight is 348 g/mol. The van der Waals surface area contributed by atoms with Gasteiger partial charge in [0.2, 0.25) is 5.75 Å². The van der Waals surface area contributed by atoms with Crippen LogP contribution in [0.4, 0.5) is 5.69 Å². The lowest BCUT2D eigenvalue weighted by atomic mass is 10.1. The molecule has 24 heavy (non-hydrogen) atoms. The summed E-state index contributed by atoms with van der Waals surface area (Å²) in [6.07, 6.45) is 1.96. The second kappa shape index (κ2) is 7.56. The molecule has 0 aliphatic rings. The lowest BCUT2D eigenvalue weighted by molar-refractivity contribution is -0.385. The van der Waals surface area contributed by atoms with E-state index in [0.29, 0.717) is 5.56 Å². The molecule has 0 saturated carbocycles. The predicted octanol–water partition coefficient (Wildman–Crippen LogP) is 3.28. The number of benzene rings is 2. The molecule has 0 saturated heterocycles. The summed E-state index contributed by atoms with van der Waals surface area (Å²) in [6.45, 7) is 2.01. The minimum Gasteiger partial charge on any atom is -0.502 e. The van der Waals surface area contributed by atoms with Gasteiger partial charge in [-0.25, -0.2) is 5.43 Å². The molecule has 0 aliphatic carbocycles. The highest BCUT2D eigenvalue weighted by atomic mass is 35.5. The second-order valence-corrected chi connectivity index (χ2v) is 5.31. The monoisotopic (exact) mass is 347 g/mol. The summed E-state index contributed by atoms with van der Waals surface area (Å²) in [6, 6.07) is 9.35. The van der Waals surface area contributed by atoms with E-state index in [1.807, 2.05) is 19.1 Å². The molecule has 0 bridgehead atoms. The van der Waals surface area contributed by atoms with Crippen molar-refractivity contribution in [3.63, 3.8) is 0 Å².